The van der Waals surface area contributed by atoms with Crippen molar-refractivity contribution in [2.45, 2.75) is 25.9 Å². The molecule has 2 aromatic rings. The van der Waals surface area contributed by atoms with Gasteiger partial charge < -0.3 is 9.84 Å². The van der Waals surface area contributed by atoms with E-state index < -0.39 is 0 Å². The van der Waals surface area contributed by atoms with Crippen LogP contribution in [-0.4, -0.2) is 39.6 Å². The SMILES string of the molecule is CCOc1cccc(/C=N/NC(=O)CSc2nc(C)cc(C)n2)c1O. The third-order valence-corrected chi connectivity index (χ3v) is 3.86. The number of rotatable bonds is 7. The molecule has 8 heteroatoms. The lowest BCUT2D eigenvalue weighted by molar-refractivity contribution is -0.118. The normalized spacial score (nSPS) is 10.8. The zero-order valence-electron chi connectivity index (χ0n) is 14.3. The van der Waals surface area contributed by atoms with Gasteiger partial charge in [-0.3, -0.25) is 4.79 Å². The monoisotopic (exact) mass is 360 g/mol. The highest BCUT2D eigenvalue weighted by Crippen LogP contribution is 2.28. The van der Waals surface area contributed by atoms with Crippen LogP contribution in [0.3, 0.4) is 0 Å². The lowest BCUT2D eigenvalue weighted by Gasteiger charge is -2.07. The van der Waals surface area contributed by atoms with E-state index in [1.165, 1.54) is 18.0 Å². The summed E-state index contributed by atoms with van der Waals surface area (Å²) >= 11 is 1.24. The van der Waals surface area contributed by atoms with Gasteiger partial charge in [0.2, 0.25) is 0 Å². The number of aromatic hydroxyl groups is 1. The van der Waals surface area contributed by atoms with E-state index in [9.17, 15) is 9.90 Å². The Hall–Kier alpha value is -2.61. The minimum atomic E-state index is -0.288. The van der Waals surface area contributed by atoms with Gasteiger partial charge in [0, 0.05) is 17.0 Å². The number of carbonyl (C=O) groups is 1. The van der Waals surface area contributed by atoms with Crippen LogP contribution in [0.1, 0.15) is 23.9 Å². The molecule has 0 aliphatic carbocycles. The number of hydrazone groups is 1. The van der Waals surface area contributed by atoms with E-state index in [1.54, 1.807) is 18.2 Å². The number of nitrogens with zero attached hydrogens (tertiary/aromatic N) is 3. The third kappa shape index (κ3) is 5.75. The van der Waals surface area contributed by atoms with Crippen molar-refractivity contribution in [2.75, 3.05) is 12.4 Å². The maximum atomic E-state index is 11.8. The fourth-order valence-corrected chi connectivity index (χ4v) is 2.75. The number of carbonyl (C=O) groups excluding carboxylic acids is 1. The minimum Gasteiger partial charge on any atom is -0.504 e. The van der Waals surface area contributed by atoms with Crippen LogP contribution in [0, 0.1) is 13.8 Å². The predicted molar refractivity (Wildman–Crippen MR) is 97.2 cm³/mol. The van der Waals surface area contributed by atoms with E-state index >= 15 is 0 Å². The fraction of sp³-hybridized carbons (Fsp3) is 0.294. The Morgan fingerprint density at radius 2 is 2.08 bits per heavy atom. The number of phenolic OH excluding ortho intramolecular Hbond substituents is 1. The van der Waals surface area contributed by atoms with Crippen LogP contribution in [0.5, 0.6) is 11.5 Å². The van der Waals surface area contributed by atoms with Crippen LogP contribution >= 0.6 is 11.8 Å². The first kappa shape index (κ1) is 18.7. The number of benzene rings is 1. The number of nitrogens with one attached hydrogen (secondary N) is 1. The topological polar surface area (TPSA) is 96.7 Å². The van der Waals surface area contributed by atoms with Crippen molar-refractivity contribution in [3.63, 3.8) is 0 Å². The predicted octanol–water partition coefficient (Wildman–Crippen LogP) is 2.44. The van der Waals surface area contributed by atoms with E-state index in [0.29, 0.717) is 23.1 Å². The second-order valence-corrected chi connectivity index (χ2v) is 6.08. The van der Waals surface area contributed by atoms with Crippen molar-refractivity contribution in [1.29, 1.82) is 0 Å². The molecular weight excluding hydrogens is 340 g/mol. The summed E-state index contributed by atoms with van der Waals surface area (Å²) in [5, 5.41) is 14.5. The molecule has 132 valence electrons. The third-order valence-electron chi connectivity index (χ3n) is 3.02. The summed E-state index contributed by atoms with van der Waals surface area (Å²) in [5.41, 5.74) is 4.59. The molecule has 25 heavy (non-hydrogen) atoms. The van der Waals surface area contributed by atoms with Crippen LogP contribution in [-0.2, 0) is 4.79 Å². The second kappa shape index (κ2) is 9.03. The Balaban J connectivity index is 1.89. The van der Waals surface area contributed by atoms with Gasteiger partial charge in [0.25, 0.3) is 5.91 Å². The molecule has 0 aliphatic heterocycles. The first-order chi connectivity index (χ1) is 12.0. The molecule has 2 N–H and O–H groups in total. The molecule has 2 rings (SSSR count). The molecule has 1 heterocycles. The standard InChI is InChI=1S/C17H20N4O3S/c1-4-24-14-7-5-6-13(16(14)23)9-18-21-15(22)10-25-17-19-11(2)8-12(3)20-17/h5-9,23H,4,10H2,1-3H3,(H,21,22)/b18-9+. The van der Waals surface area contributed by atoms with Gasteiger partial charge >= 0.3 is 0 Å². The minimum absolute atomic E-state index is 0.0136. The van der Waals surface area contributed by atoms with Crippen LogP contribution in [0.15, 0.2) is 34.5 Å². The van der Waals surface area contributed by atoms with Gasteiger partial charge in [0.15, 0.2) is 16.7 Å². The van der Waals surface area contributed by atoms with E-state index in [4.69, 9.17) is 4.74 Å². The lowest BCUT2D eigenvalue weighted by Crippen LogP contribution is -2.19. The molecular formula is C17H20N4O3S. The van der Waals surface area contributed by atoms with Gasteiger partial charge in [-0.25, -0.2) is 15.4 Å². The van der Waals surface area contributed by atoms with Gasteiger partial charge in [-0.1, -0.05) is 17.8 Å². The number of hydrogen-bond donors (Lipinski definition) is 2. The largest absolute Gasteiger partial charge is 0.504 e. The molecule has 1 aromatic heterocycles. The molecule has 0 spiro atoms. The Morgan fingerprint density at radius 3 is 2.76 bits per heavy atom. The van der Waals surface area contributed by atoms with Crippen molar-refractivity contribution < 1.29 is 14.6 Å². The Kier molecular flexibility index (Phi) is 6.76. The summed E-state index contributed by atoms with van der Waals surface area (Å²) in [7, 11) is 0. The van der Waals surface area contributed by atoms with Gasteiger partial charge in [-0.2, -0.15) is 5.10 Å². The maximum Gasteiger partial charge on any atom is 0.250 e. The number of ether oxygens (including phenoxy) is 1. The summed E-state index contributed by atoms with van der Waals surface area (Å²) < 4.78 is 5.30. The van der Waals surface area contributed by atoms with Gasteiger partial charge in [0.1, 0.15) is 0 Å². The molecule has 7 nitrogen and oxygen atoms in total. The quantitative estimate of drug-likeness (QED) is 0.341. The first-order valence-electron chi connectivity index (χ1n) is 7.71. The van der Waals surface area contributed by atoms with Crippen molar-refractivity contribution in [3.05, 3.63) is 41.2 Å². The summed E-state index contributed by atoms with van der Waals surface area (Å²) in [6, 6.07) is 6.94. The van der Waals surface area contributed by atoms with Crippen LogP contribution in [0.2, 0.25) is 0 Å². The van der Waals surface area contributed by atoms with Crippen molar-refractivity contribution >= 4 is 23.9 Å². The zero-order valence-corrected chi connectivity index (χ0v) is 15.1. The lowest BCUT2D eigenvalue weighted by atomic mass is 10.2. The molecule has 0 radical (unpaired) electrons. The van der Waals surface area contributed by atoms with Crippen LogP contribution in [0.4, 0.5) is 0 Å². The van der Waals surface area contributed by atoms with Crippen molar-refractivity contribution in [2.24, 2.45) is 5.10 Å². The number of phenols is 1. The van der Waals surface area contributed by atoms with E-state index in [-0.39, 0.29) is 17.4 Å². The maximum absolute atomic E-state index is 11.8. The number of para-hydroxylation sites is 1. The highest BCUT2D eigenvalue weighted by atomic mass is 32.2. The molecule has 0 aliphatic rings. The summed E-state index contributed by atoms with van der Waals surface area (Å²) in [5.74, 6) is 0.218. The van der Waals surface area contributed by atoms with E-state index in [0.717, 1.165) is 11.4 Å². The van der Waals surface area contributed by atoms with Crippen molar-refractivity contribution in [3.8, 4) is 11.5 Å². The van der Waals surface area contributed by atoms with E-state index in [1.807, 2.05) is 26.8 Å². The Bertz CT molecular complexity index is 760. The summed E-state index contributed by atoms with van der Waals surface area (Å²) in [4.78, 5) is 20.4. The Morgan fingerprint density at radius 1 is 1.36 bits per heavy atom. The number of aromatic nitrogens is 2. The van der Waals surface area contributed by atoms with Crippen LogP contribution < -0.4 is 10.2 Å². The van der Waals surface area contributed by atoms with E-state index in [2.05, 4.69) is 20.5 Å². The second-order valence-electron chi connectivity index (χ2n) is 5.14. The van der Waals surface area contributed by atoms with Crippen molar-refractivity contribution in [1.82, 2.24) is 15.4 Å². The van der Waals surface area contributed by atoms with Gasteiger partial charge in [0.05, 0.1) is 18.6 Å². The highest BCUT2D eigenvalue weighted by molar-refractivity contribution is 7.99. The van der Waals surface area contributed by atoms with Gasteiger partial charge in [-0.15, -0.1) is 0 Å². The average Bonchev–Trinajstić information content (AvgIpc) is 2.56. The first-order valence-corrected chi connectivity index (χ1v) is 8.70. The molecule has 0 atom stereocenters. The van der Waals surface area contributed by atoms with Crippen LogP contribution in [0.25, 0.3) is 0 Å². The molecule has 0 saturated heterocycles. The fourth-order valence-electron chi connectivity index (χ4n) is 2.01. The number of thioether (sulfide) groups is 1. The Labute approximate surface area is 150 Å². The average molecular weight is 360 g/mol. The summed E-state index contributed by atoms with van der Waals surface area (Å²) in [6.07, 6.45) is 1.37. The number of hydrogen-bond acceptors (Lipinski definition) is 7. The van der Waals surface area contributed by atoms with Gasteiger partial charge in [-0.05, 0) is 39.0 Å². The number of amides is 1. The molecule has 0 bridgehead atoms. The molecule has 1 amide bonds. The molecule has 0 fully saturated rings. The number of aryl methyl sites for hydroxylation is 2. The molecule has 0 unspecified atom stereocenters. The zero-order chi connectivity index (χ0) is 18.2. The molecule has 0 saturated carbocycles. The highest BCUT2D eigenvalue weighted by Gasteiger charge is 2.07. The summed E-state index contributed by atoms with van der Waals surface area (Å²) in [6.45, 7) is 6.04. The molecule has 1 aromatic carbocycles. The smallest absolute Gasteiger partial charge is 0.250 e.